The van der Waals surface area contributed by atoms with Crippen LogP contribution in [0.25, 0.3) is 0 Å². The number of unbranched alkanes of at least 4 members (excludes halogenated alkanes) is 3. The van der Waals surface area contributed by atoms with Crippen LogP contribution in [0.5, 0.6) is 0 Å². The smallest absolute Gasteiger partial charge is 0.00932 e. The first-order valence-corrected chi connectivity index (χ1v) is 6.29. The minimum atomic E-state index is 1.19. The Hall–Kier alpha value is -0.780. The zero-order chi connectivity index (χ0) is 10.9. The molecule has 0 atom stereocenters. The van der Waals surface area contributed by atoms with Crippen molar-refractivity contribution in [2.45, 2.75) is 52.4 Å². The minimum Gasteiger partial charge on any atom is -0.0654 e. The van der Waals surface area contributed by atoms with Gasteiger partial charge in [0.05, 0.1) is 0 Å². The van der Waals surface area contributed by atoms with Gasteiger partial charge in [-0.1, -0.05) is 57.4 Å². The van der Waals surface area contributed by atoms with Gasteiger partial charge >= 0.3 is 0 Å². The number of hydrogen-bond acceptors (Lipinski definition) is 0. The predicted octanol–water partition coefficient (Wildman–Crippen LogP) is 4.77. The van der Waals surface area contributed by atoms with E-state index in [9.17, 15) is 0 Å². The normalized spacial score (nSPS) is 10.5. The molecule has 0 aliphatic heterocycles. The molecule has 0 unspecified atom stereocenters. The Morgan fingerprint density at radius 3 is 2.27 bits per heavy atom. The molecule has 0 nitrogen and oxygen atoms in total. The van der Waals surface area contributed by atoms with E-state index in [0.29, 0.717) is 0 Å². The van der Waals surface area contributed by atoms with Crippen molar-refractivity contribution in [1.82, 2.24) is 0 Å². The lowest BCUT2D eigenvalue weighted by Gasteiger charge is -2.03. The highest BCUT2D eigenvalue weighted by atomic mass is 14.0. The van der Waals surface area contributed by atoms with Crippen LogP contribution in [0.15, 0.2) is 24.3 Å². The molecule has 0 aliphatic rings. The SMILES string of the molecule is CCC[CH]c1ccc(CCCCC)cc1. The van der Waals surface area contributed by atoms with Gasteiger partial charge in [0.25, 0.3) is 0 Å². The van der Waals surface area contributed by atoms with E-state index in [1.165, 1.54) is 49.7 Å². The van der Waals surface area contributed by atoms with Gasteiger partial charge in [0.15, 0.2) is 0 Å². The van der Waals surface area contributed by atoms with Crippen LogP contribution in [0.4, 0.5) is 0 Å². The summed E-state index contributed by atoms with van der Waals surface area (Å²) in [6.45, 7) is 4.47. The molecule has 0 aliphatic carbocycles. The highest BCUT2D eigenvalue weighted by Gasteiger charge is 1.95. The standard InChI is InChI=1S/C15H23/c1-3-5-7-9-15-12-10-14(11-13-15)8-6-4-2/h8,10-13H,3-7,9H2,1-2H3. The third kappa shape index (κ3) is 5.01. The third-order valence-corrected chi connectivity index (χ3v) is 2.72. The molecule has 0 N–H and O–H groups in total. The number of hydrogen-bond donors (Lipinski definition) is 0. The van der Waals surface area contributed by atoms with Crippen molar-refractivity contribution in [3.05, 3.63) is 41.8 Å². The molecule has 15 heavy (non-hydrogen) atoms. The van der Waals surface area contributed by atoms with Crippen LogP contribution in [-0.4, -0.2) is 0 Å². The average Bonchev–Trinajstić information content (AvgIpc) is 2.28. The van der Waals surface area contributed by atoms with Crippen molar-refractivity contribution in [2.24, 2.45) is 0 Å². The van der Waals surface area contributed by atoms with Gasteiger partial charge < -0.3 is 0 Å². The van der Waals surface area contributed by atoms with Crippen LogP contribution in [0.2, 0.25) is 0 Å². The van der Waals surface area contributed by atoms with Crippen molar-refractivity contribution >= 4 is 0 Å². The van der Waals surface area contributed by atoms with E-state index in [2.05, 4.69) is 44.5 Å². The molecule has 0 spiro atoms. The first-order valence-electron chi connectivity index (χ1n) is 6.29. The molecular weight excluding hydrogens is 180 g/mol. The summed E-state index contributed by atoms with van der Waals surface area (Å²) in [5.41, 5.74) is 2.85. The van der Waals surface area contributed by atoms with E-state index in [1.54, 1.807) is 0 Å². The maximum Gasteiger partial charge on any atom is -0.00932 e. The maximum absolute atomic E-state index is 2.32. The summed E-state index contributed by atoms with van der Waals surface area (Å²) in [5, 5.41) is 0. The Balaban J connectivity index is 2.35. The molecule has 0 aromatic heterocycles. The summed E-state index contributed by atoms with van der Waals surface area (Å²) in [7, 11) is 0. The lowest BCUT2D eigenvalue weighted by molar-refractivity contribution is 0.717. The van der Waals surface area contributed by atoms with Gasteiger partial charge in [-0.2, -0.15) is 0 Å². The van der Waals surface area contributed by atoms with E-state index in [1.807, 2.05) is 0 Å². The fourth-order valence-electron chi connectivity index (χ4n) is 1.71. The van der Waals surface area contributed by atoms with E-state index in [-0.39, 0.29) is 0 Å². The Bertz CT molecular complexity index is 245. The van der Waals surface area contributed by atoms with Crippen molar-refractivity contribution in [2.75, 3.05) is 0 Å². The summed E-state index contributed by atoms with van der Waals surface area (Å²) in [5.74, 6) is 0. The molecule has 0 saturated carbocycles. The third-order valence-electron chi connectivity index (χ3n) is 2.72. The van der Waals surface area contributed by atoms with Gasteiger partial charge in [-0.05, 0) is 36.8 Å². The van der Waals surface area contributed by atoms with Gasteiger partial charge in [-0.15, -0.1) is 0 Å². The molecule has 1 rings (SSSR count). The maximum atomic E-state index is 2.32. The van der Waals surface area contributed by atoms with Crippen LogP contribution in [0.1, 0.15) is 57.1 Å². The molecular formula is C15H23. The van der Waals surface area contributed by atoms with Crippen molar-refractivity contribution in [1.29, 1.82) is 0 Å². The lowest BCUT2D eigenvalue weighted by atomic mass is 10.0. The summed E-state index contributed by atoms with van der Waals surface area (Å²) in [4.78, 5) is 0. The lowest BCUT2D eigenvalue weighted by Crippen LogP contribution is -1.87. The fourth-order valence-corrected chi connectivity index (χ4v) is 1.71. The second-order valence-corrected chi connectivity index (χ2v) is 4.19. The van der Waals surface area contributed by atoms with Crippen LogP contribution in [-0.2, 0) is 6.42 Å². The Morgan fingerprint density at radius 2 is 1.67 bits per heavy atom. The Morgan fingerprint density at radius 1 is 0.933 bits per heavy atom. The van der Waals surface area contributed by atoms with E-state index < -0.39 is 0 Å². The molecule has 0 amide bonds. The quantitative estimate of drug-likeness (QED) is 0.560. The van der Waals surface area contributed by atoms with Crippen LogP contribution in [0.3, 0.4) is 0 Å². The highest BCUT2D eigenvalue weighted by molar-refractivity contribution is 5.27. The number of benzene rings is 1. The van der Waals surface area contributed by atoms with E-state index >= 15 is 0 Å². The summed E-state index contributed by atoms with van der Waals surface area (Å²) >= 11 is 0. The van der Waals surface area contributed by atoms with Crippen LogP contribution in [0, 0.1) is 6.42 Å². The second kappa shape index (κ2) is 7.50. The minimum absolute atomic E-state index is 1.19. The van der Waals surface area contributed by atoms with Crippen molar-refractivity contribution in [3.63, 3.8) is 0 Å². The Labute approximate surface area is 94.7 Å². The summed E-state index contributed by atoms with van der Waals surface area (Å²) in [6.07, 6.45) is 9.96. The van der Waals surface area contributed by atoms with Crippen LogP contribution >= 0.6 is 0 Å². The molecule has 0 heterocycles. The zero-order valence-electron chi connectivity index (χ0n) is 10.1. The number of rotatable bonds is 7. The topological polar surface area (TPSA) is 0 Å². The average molecular weight is 203 g/mol. The molecule has 0 heteroatoms. The summed E-state index contributed by atoms with van der Waals surface area (Å²) in [6, 6.07) is 9.04. The predicted molar refractivity (Wildman–Crippen MR) is 68.0 cm³/mol. The molecule has 0 fully saturated rings. The fraction of sp³-hybridized carbons (Fsp3) is 0.533. The molecule has 1 radical (unpaired) electrons. The number of aryl methyl sites for hydroxylation is 1. The van der Waals surface area contributed by atoms with Gasteiger partial charge in [0.2, 0.25) is 0 Å². The van der Waals surface area contributed by atoms with Crippen molar-refractivity contribution in [3.8, 4) is 0 Å². The first-order chi connectivity index (χ1) is 7.36. The molecule has 1 aromatic carbocycles. The Kier molecular flexibility index (Phi) is 6.15. The summed E-state index contributed by atoms with van der Waals surface area (Å²) < 4.78 is 0. The van der Waals surface area contributed by atoms with Crippen LogP contribution < -0.4 is 0 Å². The second-order valence-electron chi connectivity index (χ2n) is 4.19. The van der Waals surface area contributed by atoms with Gasteiger partial charge in [0.1, 0.15) is 0 Å². The zero-order valence-corrected chi connectivity index (χ0v) is 10.1. The van der Waals surface area contributed by atoms with Gasteiger partial charge in [-0.3, -0.25) is 0 Å². The molecule has 0 saturated heterocycles. The largest absolute Gasteiger partial charge is 0.0654 e. The highest BCUT2D eigenvalue weighted by Crippen LogP contribution is 2.11. The van der Waals surface area contributed by atoms with Gasteiger partial charge in [-0.25, -0.2) is 0 Å². The molecule has 0 bridgehead atoms. The van der Waals surface area contributed by atoms with E-state index in [4.69, 9.17) is 0 Å². The molecule has 1 aromatic rings. The van der Waals surface area contributed by atoms with Gasteiger partial charge in [0, 0.05) is 0 Å². The van der Waals surface area contributed by atoms with Crippen molar-refractivity contribution < 1.29 is 0 Å². The monoisotopic (exact) mass is 203 g/mol. The van der Waals surface area contributed by atoms with E-state index in [0.717, 1.165) is 0 Å². The first kappa shape index (κ1) is 12.3. The molecule has 83 valence electrons.